The molecule has 4 heteroatoms. The number of rotatable bonds is 8. The smallest absolute Gasteiger partial charge is 0.146 e. The summed E-state index contributed by atoms with van der Waals surface area (Å²) in [4.78, 5) is 0. The van der Waals surface area contributed by atoms with Crippen LogP contribution in [0.15, 0.2) is 18.2 Å². The maximum atomic E-state index is 13.3. The third kappa shape index (κ3) is 5.65. The van der Waals surface area contributed by atoms with Gasteiger partial charge in [-0.25, -0.2) is 4.39 Å². The SMILES string of the molecule is COCCOCCCNc1cc(C)ccc1F. The molecule has 0 spiro atoms. The summed E-state index contributed by atoms with van der Waals surface area (Å²) in [6.45, 7) is 4.52. The zero-order valence-electron chi connectivity index (χ0n) is 10.5. The van der Waals surface area contributed by atoms with Gasteiger partial charge in [0.15, 0.2) is 0 Å². The second-order valence-corrected chi connectivity index (χ2v) is 3.87. The van der Waals surface area contributed by atoms with Crippen molar-refractivity contribution in [1.82, 2.24) is 0 Å². The van der Waals surface area contributed by atoms with Gasteiger partial charge in [0.1, 0.15) is 5.82 Å². The molecule has 3 nitrogen and oxygen atoms in total. The summed E-state index contributed by atoms with van der Waals surface area (Å²) in [6, 6.07) is 5.04. The van der Waals surface area contributed by atoms with Crippen molar-refractivity contribution >= 4 is 5.69 Å². The zero-order valence-corrected chi connectivity index (χ0v) is 10.5. The van der Waals surface area contributed by atoms with E-state index in [-0.39, 0.29) is 5.82 Å². The summed E-state index contributed by atoms with van der Waals surface area (Å²) >= 11 is 0. The van der Waals surface area contributed by atoms with Gasteiger partial charge < -0.3 is 14.8 Å². The van der Waals surface area contributed by atoms with E-state index in [1.54, 1.807) is 19.2 Å². The highest BCUT2D eigenvalue weighted by Crippen LogP contribution is 2.15. The molecule has 0 saturated carbocycles. The van der Waals surface area contributed by atoms with E-state index in [1.165, 1.54) is 6.07 Å². The van der Waals surface area contributed by atoms with Gasteiger partial charge >= 0.3 is 0 Å². The van der Waals surface area contributed by atoms with Crippen molar-refractivity contribution in [3.8, 4) is 0 Å². The number of nitrogens with one attached hydrogen (secondary N) is 1. The minimum atomic E-state index is -0.212. The molecule has 0 bridgehead atoms. The Balaban J connectivity index is 2.15. The van der Waals surface area contributed by atoms with E-state index < -0.39 is 0 Å². The highest BCUT2D eigenvalue weighted by atomic mass is 19.1. The summed E-state index contributed by atoms with van der Waals surface area (Å²) in [6.07, 6.45) is 0.844. The molecule has 0 heterocycles. The summed E-state index contributed by atoms with van der Waals surface area (Å²) in [5, 5.41) is 3.06. The van der Waals surface area contributed by atoms with E-state index in [0.29, 0.717) is 32.1 Å². The van der Waals surface area contributed by atoms with Crippen LogP contribution in [0, 0.1) is 12.7 Å². The van der Waals surface area contributed by atoms with Crippen LogP contribution >= 0.6 is 0 Å². The molecule has 0 unspecified atom stereocenters. The lowest BCUT2D eigenvalue weighted by molar-refractivity contribution is 0.0705. The lowest BCUT2D eigenvalue weighted by atomic mass is 10.2. The van der Waals surface area contributed by atoms with E-state index in [2.05, 4.69) is 5.32 Å². The van der Waals surface area contributed by atoms with Crippen molar-refractivity contribution < 1.29 is 13.9 Å². The van der Waals surface area contributed by atoms with Crippen molar-refractivity contribution in [2.45, 2.75) is 13.3 Å². The minimum Gasteiger partial charge on any atom is -0.383 e. The number of anilines is 1. The summed E-state index contributed by atoms with van der Waals surface area (Å²) in [5.41, 5.74) is 1.60. The second-order valence-electron chi connectivity index (χ2n) is 3.87. The van der Waals surface area contributed by atoms with Crippen LogP contribution in [0.1, 0.15) is 12.0 Å². The van der Waals surface area contributed by atoms with Crippen LogP contribution in [0.25, 0.3) is 0 Å². The Kier molecular flexibility index (Phi) is 6.58. The highest BCUT2D eigenvalue weighted by Gasteiger charge is 2.00. The number of methoxy groups -OCH3 is 1. The maximum absolute atomic E-state index is 13.3. The molecule has 0 aliphatic heterocycles. The molecule has 0 radical (unpaired) electrons. The summed E-state index contributed by atoms with van der Waals surface area (Å²) in [7, 11) is 1.64. The fourth-order valence-corrected chi connectivity index (χ4v) is 1.42. The molecule has 0 aliphatic carbocycles. The quantitative estimate of drug-likeness (QED) is 0.710. The molecule has 0 aliphatic rings. The first-order chi connectivity index (χ1) is 8.24. The predicted molar refractivity (Wildman–Crippen MR) is 66.9 cm³/mol. The van der Waals surface area contributed by atoms with Crippen LogP contribution in [0.2, 0.25) is 0 Å². The van der Waals surface area contributed by atoms with Crippen molar-refractivity contribution in [3.63, 3.8) is 0 Å². The number of benzene rings is 1. The molecule has 0 atom stereocenters. The van der Waals surface area contributed by atoms with Gasteiger partial charge in [0.2, 0.25) is 0 Å². The monoisotopic (exact) mass is 241 g/mol. The Labute approximate surface area is 102 Å². The number of aryl methyl sites for hydroxylation is 1. The third-order valence-corrected chi connectivity index (χ3v) is 2.33. The van der Waals surface area contributed by atoms with Crippen LogP contribution in [0.3, 0.4) is 0 Å². The standard InChI is InChI=1S/C13H20FNO2/c1-11-4-5-12(14)13(10-11)15-6-3-7-17-9-8-16-2/h4-5,10,15H,3,6-9H2,1-2H3. The summed E-state index contributed by atoms with van der Waals surface area (Å²) < 4.78 is 23.5. The molecular weight excluding hydrogens is 221 g/mol. The van der Waals surface area contributed by atoms with E-state index in [9.17, 15) is 4.39 Å². The Morgan fingerprint density at radius 3 is 2.82 bits per heavy atom. The van der Waals surface area contributed by atoms with E-state index >= 15 is 0 Å². The molecule has 1 N–H and O–H groups in total. The Morgan fingerprint density at radius 1 is 1.24 bits per heavy atom. The van der Waals surface area contributed by atoms with Gasteiger partial charge in [-0.3, -0.25) is 0 Å². The van der Waals surface area contributed by atoms with Gasteiger partial charge in [0, 0.05) is 20.3 Å². The summed E-state index contributed by atoms with van der Waals surface area (Å²) in [5.74, 6) is -0.212. The first kappa shape index (κ1) is 13.9. The maximum Gasteiger partial charge on any atom is 0.146 e. The number of hydrogen-bond acceptors (Lipinski definition) is 3. The van der Waals surface area contributed by atoms with Gasteiger partial charge in [0.25, 0.3) is 0 Å². The molecule has 0 aromatic heterocycles. The Bertz CT molecular complexity index is 331. The van der Waals surface area contributed by atoms with Crippen LogP contribution in [0.5, 0.6) is 0 Å². The average Bonchev–Trinajstić information content (AvgIpc) is 2.32. The van der Waals surface area contributed by atoms with Crippen molar-refractivity contribution in [2.75, 3.05) is 38.8 Å². The molecule has 0 amide bonds. The number of hydrogen-bond donors (Lipinski definition) is 1. The van der Waals surface area contributed by atoms with Crippen LogP contribution in [0.4, 0.5) is 10.1 Å². The molecule has 0 saturated heterocycles. The van der Waals surface area contributed by atoms with Crippen molar-refractivity contribution in [3.05, 3.63) is 29.6 Å². The molecule has 1 aromatic carbocycles. The zero-order chi connectivity index (χ0) is 12.5. The number of halogens is 1. The third-order valence-electron chi connectivity index (χ3n) is 2.33. The largest absolute Gasteiger partial charge is 0.383 e. The number of ether oxygens (including phenoxy) is 2. The first-order valence-corrected chi connectivity index (χ1v) is 5.80. The lowest BCUT2D eigenvalue weighted by Gasteiger charge is -2.08. The molecule has 0 fully saturated rings. The normalized spacial score (nSPS) is 10.5. The van der Waals surface area contributed by atoms with E-state index in [1.807, 2.05) is 6.92 Å². The minimum absolute atomic E-state index is 0.212. The van der Waals surface area contributed by atoms with Crippen LogP contribution < -0.4 is 5.32 Å². The highest BCUT2D eigenvalue weighted by molar-refractivity contribution is 5.46. The topological polar surface area (TPSA) is 30.5 Å². The van der Waals surface area contributed by atoms with Gasteiger partial charge in [-0.2, -0.15) is 0 Å². The van der Waals surface area contributed by atoms with E-state index in [0.717, 1.165) is 12.0 Å². The van der Waals surface area contributed by atoms with Crippen LogP contribution in [-0.2, 0) is 9.47 Å². The average molecular weight is 241 g/mol. The second kappa shape index (κ2) is 8.03. The fraction of sp³-hybridized carbons (Fsp3) is 0.538. The molecule has 1 rings (SSSR count). The van der Waals surface area contributed by atoms with Gasteiger partial charge in [0.05, 0.1) is 18.9 Å². The predicted octanol–water partition coefficient (Wildman–Crippen LogP) is 2.60. The Morgan fingerprint density at radius 2 is 2.06 bits per heavy atom. The molecular formula is C13H20FNO2. The van der Waals surface area contributed by atoms with Gasteiger partial charge in [-0.1, -0.05) is 6.07 Å². The van der Waals surface area contributed by atoms with Crippen molar-refractivity contribution in [2.24, 2.45) is 0 Å². The van der Waals surface area contributed by atoms with Gasteiger partial charge in [-0.15, -0.1) is 0 Å². The molecule has 1 aromatic rings. The van der Waals surface area contributed by atoms with Gasteiger partial charge in [-0.05, 0) is 31.0 Å². The Hall–Kier alpha value is -1.13. The molecule has 17 heavy (non-hydrogen) atoms. The first-order valence-electron chi connectivity index (χ1n) is 5.80. The fourth-order valence-electron chi connectivity index (χ4n) is 1.42. The lowest BCUT2D eigenvalue weighted by Crippen LogP contribution is -2.09. The van der Waals surface area contributed by atoms with Crippen molar-refractivity contribution in [1.29, 1.82) is 0 Å². The van der Waals surface area contributed by atoms with Crippen LogP contribution in [-0.4, -0.2) is 33.5 Å². The van der Waals surface area contributed by atoms with E-state index in [4.69, 9.17) is 9.47 Å². The molecule has 96 valence electrons.